The largest absolute Gasteiger partial charge is 0.311 e. The Labute approximate surface area is 766 Å². The molecule has 0 fully saturated rings. The second-order valence-corrected chi connectivity index (χ2v) is 36.0. The molecule has 0 saturated heterocycles. The summed E-state index contributed by atoms with van der Waals surface area (Å²) in [6.45, 7) is 0. The minimum absolute atomic E-state index is 0.988. The Morgan fingerprint density at radius 1 is 0.123 bits per heavy atom. The number of hydrogen-bond acceptors (Lipinski definition) is 7. The SMILES string of the molecule is c1ccc(-c2ccc(-c3ccc(N(c4ccc(N(c5ccc(N(c6ccc(-c7ccc(-c8ccccc8)s7)cc6)c6ccc(-n7c8ccccc8c8ccccc87)cc6)cc5)c5ccc(N(c6ccc(-c7ccc(-c8ccccc8)s7)cc6)c6ccc(-n7c8ccccc8c8ccccc87)cc6)cc5)cc4)c4ccc(-n5c6ccccc6c6ccccc65)cc4)cc3)s2)cc1. The highest BCUT2D eigenvalue weighted by Crippen LogP contribution is 2.49. The number of anilines is 12. The van der Waals surface area contributed by atoms with Crippen molar-refractivity contribution in [1.29, 1.82) is 0 Å². The summed E-state index contributed by atoms with van der Waals surface area (Å²) in [7, 11) is 0. The minimum atomic E-state index is 0.988. The quantitative estimate of drug-likeness (QED) is 0.0717. The van der Waals surface area contributed by atoms with Gasteiger partial charge in [0.2, 0.25) is 0 Å². The van der Waals surface area contributed by atoms with Crippen molar-refractivity contribution in [3.63, 3.8) is 0 Å². The number of hydrogen-bond donors (Lipinski definition) is 0. The molecule has 0 amide bonds. The van der Waals surface area contributed by atoms with Gasteiger partial charge in [0.1, 0.15) is 0 Å². The van der Waals surface area contributed by atoms with Crippen LogP contribution in [0.5, 0.6) is 0 Å². The minimum Gasteiger partial charge on any atom is -0.311 e. The molecule has 7 nitrogen and oxygen atoms in total. The number of nitrogens with zero attached hydrogens (tertiary/aromatic N) is 7. The van der Waals surface area contributed by atoms with Gasteiger partial charge in [-0.3, -0.25) is 0 Å². The van der Waals surface area contributed by atoms with Crippen LogP contribution in [0.3, 0.4) is 0 Å². The Hall–Kier alpha value is -16.3. The first kappa shape index (κ1) is 77.2. The van der Waals surface area contributed by atoms with Gasteiger partial charge in [0.25, 0.3) is 0 Å². The second-order valence-electron chi connectivity index (χ2n) is 32.8. The van der Waals surface area contributed by atoms with Gasteiger partial charge in [-0.15, -0.1) is 34.0 Å². The first-order valence-electron chi connectivity index (χ1n) is 44.0. The molecule has 0 atom stereocenters. The molecule has 24 aromatic rings. The Morgan fingerprint density at radius 2 is 0.262 bits per heavy atom. The predicted octanol–water partition coefficient (Wildman–Crippen LogP) is 35.0. The molecular formula is C120H81N7S3. The summed E-state index contributed by atoms with van der Waals surface area (Å²) in [4.78, 5) is 17.0. The van der Waals surface area contributed by atoms with Crippen molar-refractivity contribution in [3.05, 3.63) is 491 Å². The molecule has 6 aromatic heterocycles. The van der Waals surface area contributed by atoms with Crippen LogP contribution in [0.2, 0.25) is 0 Å². The standard InChI is InChI=1S/C120H81N7S3/c1-4-22-82(23-5-1)115-76-79-118(128-115)85-40-46-88(47-41-85)121(97-64-70-100(71-65-97)125-109-34-16-10-28-103(109)104-29-11-17-35-110(104)125)91-52-58-94(59-53-91)124(95-60-54-92(55-61-95)122(89-48-42-86(43-49-89)119-80-77-116(129-119)83-24-6-2-7-25-83)98-66-72-101(73-67-98)126-111-36-18-12-30-105(111)106-31-13-19-37-112(106)126)96-62-56-93(57-63-96)123(90-50-44-87(45-51-90)120-81-78-117(130-120)84-26-8-3-9-27-84)99-68-74-102(75-69-99)127-113-38-20-14-32-107(113)108-33-15-21-39-114(108)127/h1-81H. The van der Waals surface area contributed by atoms with E-state index in [4.69, 9.17) is 0 Å². The van der Waals surface area contributed by atoms with Gasteiger partial charge >= 0.3 is 0 Å². The van der Waals surface area contributed by atoms with Gasteiger partial charge < -0.3 is 33.3 Å². The molecule has 0 aliphatic heterocycles. The normalized spacial score (nSPS) is 11.5. The van der Waals surface area contributed by atoms with Crippen LogP contribution in [0.1, 0.15) is 0 Å². The van der Waals surface area contributed by atoms with Crippen molar-refractivity contribution in [1.82, 2.24) is 13.7 Å². The highest BCUT2D eigenvalue weighted by atomic mass is 32.1. The molecule has 0 radical (unpaired) electrons. The molecule has 18 aromatic carbocycles. The molecule has 0 aliphatic carbocycles. The van der Waals surface area contributed by atoms with Crippen molar-refractivity contribution in [2.45, 2.75) is 0 Å². The fourth-order valence-electron chi connectivity index (χ4n) is 19.0. The summed E-state index contributed by atoms with van der Waals surface area (Å²) in [6, 6.07) is 180. The van der Waals surface area contributed by atoms with Crippen LogP contribution in [0.4, 0.5) is 68.2 Å². The molecule has 0 saturated carbocycles. The van der Waals surface area contributed by atoms with Crippen LogP contribution in [-0.2, 0) is 0 Å². The van der Waals surface area contributed by atoms with E-state index in [1.54, 1.807) is 0 Å². The number of rotatable bonds is 21. The fraction of sp³-hybridized carbons (Fsp3) is 0. The summed E-state index contributed by atoms with van der Waals surface area (Å²) in [5.74, 6) is 0. The molecule has 10 heteroatoms. The first-order chi connectivity index (χ1) is 64.4. The van der Waals surface area contributed by atoms with E-state index in [1.165, 1.54) is 128 Å². The number of aromatic nitrogens is 3. The zero-order valence-corrected chi connectivity index (χ0v) is 73.1. The summed E-state index contributed by atoms with van der Waals surface area (Å²) in [6.07, 6.45) is 0. The lowest BCUT2D eigenvalue weighted by Gasteiger charge is -2.30. The van der Waals surface area contributed by atoms with Crippen LogP contribution in [0.15, 0.2) is 491 Å². The zero-order chi connectivity index (χ0) is 86.0. The van der Waals surface area contributed by atoms with Crippen molar-refractivity contribution in [2.75, 3.05) is 19.6 Å². The topological polar surface area (TPSA) is 27.8 Å². The third kappa shape index (κ3) is 14.2. The predicted molar refractivity (Wildman–Crippen MR) is 554 cm³/mol. The van der Waals surface area contributed by atoms with Crippen molar-refractivity contribution in [2.24, 2.45) is 0 Å². The number of fused-ring (bicyclic) bond motifs is 9. The molecule has 0 aliphatic rings. The first-order valence-corrected chi connectivity index (χ1v) is 46.4. The number of para-hydroxylation sites is 6. The summed E-state index contributed by atoms with van der Waals surface area (Å²) < 4.78 is 7.17. The molecule has 130 heavy (non-hydrogen) atoms. The Balaban J connectivity index is 0.634. The van der Waals surface area contributed by atoms with E-state index in [1.807, 2.05) is 34.0 Å². The van der Waals surface area contributed by atoms with Crippen molar-refractivity contribution >= 4 is 168 Å². The monoisotopic (exact) mass is 1720 g/mol. The third-order valence-corrected chi connectivity index (χ3v) is 28.7. The van der Waals surface area contributed by atoms with Crippen LogP contribution in [0, 0.1) is 0 Å². The Morgan fingerprint density at radius 3 is 0.438 bits per heavy atom. The lowest BCUT2D eigenvalue weighted by atomic mass is 10.1. The molecule has 24 rings (SSSR count). The Bertz CT molecular complexity index is 7290. The smallest absolute Gasteiger partial charge is 0.0541 e. The van der Waals surface area contributed by atoms with Gasteiger partial charge in [0, 0.05) is 147 Å². The summed E-state index contributed by atoms with van der Waals surface area (Å²) in [5, 5.41) is 7.39. The van der Waals surface area contributed by atoms with Crippen molar-refractivity contribution in [3.8, 4) is 79.7 Å². The fourth-order valence-corrected chi connectivity index (χ4v) is 22.0. The highest BCUT2D eigenvalue weighted by molar-refractivity contribution is 7.19. The molecule has 0 spiro atoms. The van der Waals surface area contributed by atoms with E-state index >= 15 is 0 Å². The maximum absolute atomic E-state index is 2.40. The third-order valence-electron chi connectivity index (χ3n) is 25.2. The average molecular weight is 1720 g/mol. The van der Waals surface area contributed by atoms with E-state index < -0.39 is 0 Å². The second kappa shape index (κ2) is 33.2. The highest BCUT2D eigenvalue weighted by Gasteiger charge is 2.25. The van der Waals surface area contributed by atoms with Gasteiger partial charge in [-0.25, -0.2) is 0 Å². The number of thiophene rings is 3. The van der Waals surface area contributed by atoms with Gasteiger partial charge in [0.05, 0.1) is 33.1 Å². The molecule has 0 N–H and O–H groups in total. The maximum Gasteiger partial charge on any atom is 0.0541 e. The van der Waals surface area contributed by atoms with E-state index in [0.29, 0.717) is 0 Å². The average Bonchev–Trinajstić information content (AvgIpc) is 1.59. The number of benzene rings is 18. The molecule has 614 valence electrons. The summed E-state index contributed by atoms with van der Waals surface area (Å²) >= 11 is 5.46. The maximum atomic E-state index is 2.40. The molecule has 0 bridgehead atoms. The van der Waals surface area contributed by atoms with Crippen LogP contribution >= 0.6 is 34.0 Å². The summed E-state index contributed by atoms with van der Waals surface area (Å²) in [5.41, 5.74) is 29.7. The van der Waals surface area contributed by atoms with E-state index in [-0.39, 0.29) is 0 Å². The molecule has 6 heterocycles. The van der Waals surface area contributed by atoms with E-state index in [2.05, 4.69) is 525 Å². The lowest BCUT2D eigenvalue weighted by molar-refractivity contribution is 1.17. The van der Waals surface area contributed by atoms with Gasteiger partial charge in [-0.2, -0.15) is 0 Å². The Kier molecular flexibility index (Phi) is 19.7. The molecular weight excluding hydrogens is 1640 g/mol. The van der Waals surface area contributed by atoms with Crippen LogP contribution in [0.25, 0.3) is 145 Å². The van der Waals surface area contributed by atoms with E-state index in [9.17, 15) is 0 Å². The van der Waals surface area contributed by atoms with Crippen LogP contribution in [-0.4, -0.2) is 13.7 Å². The van der Waals surface area contributed by atoms with Crippen molar-refractivity contribution < 1.29 is 0 Å². The lowest BCUT2D eigenvalue weighted by Crippen LogP contribution is -2.14. The zero-order valence-electron chi connectivity index (χ0n) is 70.6. The molecule has 0 unspecified atom stereocenters. The van der Waals surface area contributed by atoms with E-state index in [0.717, 1.165) is 85.3 Å². The van der Waals surface area contributed by atoms with Gasteiger partial charge in [-0.05, 0) is 288 Å². The van der Waals surface area contributed by atoms with Crippen LogP contribution < -0.4 is 19.6 Å². The van der Waals surface area contributed by atoms with Gasteiger partial charge in [0.15, 0.2) is 0 Å². The van der Waals surface area contributed by atoms with Gasteiger partial charge in [-0.1, -0.05) is 237 Å².